The van der Waals surface area contributed by atoms with Crippen LogP contribution in [-0.4, -0.2) is 62.5 Å². The third-order valence-electron chi connectivity index (χ3n) is 5.96. The maximum Gasteiger partial charge on any atom is 0.269 e. The molecule has 2 N–H and O–H groups in total. The van der Waals surface area contributed by atoms with Gasteiger partial charge in [0.1, 0.15) is 23.8 Å². The Hall–Kier alpha value is -2.44. The second kappa shape index (κ2) is 16.9. The summed E-state index contributed by atoms with van der Waals surface area (Å²) >= 11 is 10.6. The van der Waals surface area contributed by atoms with Crippen molar-refractivity contribution in [3.8, 4) is 11.5 Å². The second-order valence-electron chi connectivity index (χ2n) is 9.49. The number of carbonyl (C=O) groups excluding carboxylic acids is 1. The molecule has 3 aromatic carbocycles. The van der Waals surface area contributed by atoms with Crippen LogP contribution in [-0.2, 0) is 22.7 Å². The number of methoxy groups -OCH3 is 1. The molecule has 3 rings (SSSR count). The van der Waals surface area contributed by atoms with Crippen molar-refractivity contribution in [2.45, 2.75) is 25.6 Å². The van der Waals surface area contributed by atoms with E-state index in [4.69, 9.17) is 14.3 Å². The molecule has 220 valence electrons. The third-order valence-corrected chi connectivity index (χ3v) is 7.75. The molecule has 0 heterocycles. The standard InChI is InChI=1S/C30H34Br3N3O5/c1-36(2)12-7-13-40-29-24(32)16-22(17-25(29)33)27(37)18-34-30(38)26(35-41-19-20-8-5-4-6-9-20)15-21-10-11-28(39-3)23(31)14-21/h4-6,8-11,14,16-17,27,37H,7,12-13,15,18-19H2,1-3H3,(H,34,38)/b35-26+/t27-/m1/s1. The fourth-order valence-electron chi connectivity index (χ4n) is 3.80. The Morgan fingerprint density at radius 3 is 2.34 bits per heavy atom. The van der Waals surface area contributed by atoms with Crippen LogP contribution in [0, 0.1) is 0 Å². The fourth-order valence-corrected chi connectivity index (χ4v) is 5.84. The monoisotopic (exact) mass is 753 g/mol. The highest BCUT2D eigenvalue weighted by Crippen LogP contribution is 2.36. The number of nitrogens with zero attached hydrogens (tertiary/aromatic N) is 2. The molecule has 11 heteroatoms. The fraction of sp³-hybridized carbons (Fsp3) is 0.333. The summed E-state index contributed by atoms with van der Waals surface area (Å²) in [6, 6.07) is 18.7. The zero-order valence-electron chi connectivity index (χ0n) is 23.2. The molecule has 0 aromatic heterocycles. The summed E-state index contributed by atoms with van der Waals surface area (Å²) in [6.07, 6.45) is 0.140. The Morgan fingerprint density at radius 1 is 1.00 bits per heavy atom. The molecule has 8 nitrogen and oxygen atoms in total. The summed E-state index contributed by atoms with van der Waals surface area (Å²) in [5.41, 5.74) is 2.56. The third kappa shape index (κ3) is 10.7. The Labute approximate surface area is 266 Å². The van der Waals surface area contributed by atoms with Crippen LogP contribution in [0.15, 0.2) is 79.2 Å². The first-order chi connectivity index (χ1) is 19.7. The van der Waals surface area contributed by atoms with Crippen molar-refractivity contribution in [1.29, 1.82) is 0 Å². The van der Waals surface area contributed by atoms with Crippen molar-refractivity contribution >= 4 is 59.4 Å². The summed E-state index contributed by atoms with van der Waals surface area (Å²) in [6.45, 7) is 1.68. The predicted octanol–water partition coefficient (Wildman–Crippen LogP) is 6.28. The van der Waals surface area contributed by atoms with Gasteiger partial charge in [0.2, 0.25) is 0 Å². The van der Waals surface area contributed by atoms with Gasteiger partial charge in [-0.05, 0) is 109 Å². The van der Waals surface area contributed by atoms with E-state index in [0.717, 1.165) is 28.6 Å². The van der Waals surface area contributed by atoms with Gasteiger partial charge in [-0.1, -0.05) is 41.6 Å². The Morgan fingerprint density at radius 2 is 1.71 bits per heavy atom. The first kappa shape index (κ1) is 33.1. The van der Waals surface area contributed by atoms with E-state index in [1.54, 1.807) is 19.2 Å². The summed E-state index contributed by atoms with van der Waals surface area (Å²) in [4.78, 5) is 20.8. The van der Waals surface area contributed by atoms with Crippen molar-refractivity contribution < 1.29 is 24.2 Å². The molecular weight excluding hydrogens is 722 g/mol. The molecule has 0 aliphatic rings. The lowest BCUT2D eigenvalue weighted by molar-refractivity contribution is -0.115. The number of oxime groups is 1. The number of nitrogens with one attached hydrogen (secondary N) is 1. The number of rotatable bonds is 15. The number of amides is 1. The number of halogens is 3. The van der Waals surface area contributed by atoms with Crippen molar-refractivity contribution in [2.75, 3.05) is 40.9 Å². The molecule has 0 aliphatic heterocycles. The van der Waals surface area contributed by atoms with Crippen LogP contribution in [0.2, 0.25) is 0 Å². The molecule has 3 aromatic rings. The van der Waals surface area contributed by atoms with Gasteiger partial charge in [-0.15, -0.1) is 0 Å². The van der Waals surface area contributed by atoms with E-state index in [9.17, 15) is 9.90 Å². The van der Waals surface area contributed by atoms with E-state index in [2.05, 4.69) is 63.2 Å². The van der Waals surface area contributed by atoms with Gasteiger partial charge in [0, 0.05) is 19.5 Å². The molecule has 0 radical (unpaired) electrons. The Balaban J connectivity index is 1.67. The lowest BCUT2D eigenvalue weighted by Gasteiger charge is -2.17. The van der Waals surface area contributed by atoms with Crippen LogP contribution in [0.5, 0.6) is 11.5 Å². The van der Waals surface area contributed by atoms with Crippen molar-refractivity contribution in [3.63, 3.8) is 0 Å². The predicted molar refractivity (Wildman–Crippen MR) is 172 cm³/mol. The highest BCUT2D eigenvalue weighted by atomic mass is 79.9. The smallest absolute Gasteiger partial charge is 0.269 e. The number of ether oxygens (including phenoxy) is 2. The van der Waals surface area contributed by atoms with Gasteiger partial charge in [-0.2, -0.15) is 0 Å². The molecule has 0 unspecified atom stereocenters. The van der Waals surface area contributed by atoms with E-state index >= 15 is 0 Å². The maximum atomic E-state index is 13.2. The van der Waals surface area contributed by atoms with E-state index in [0.29, 0.717) is 32.6 Å². The van der Waals surface area contributed by atoms with Crippen LogP contribution in [0.1, 0.15) is 29.2 Å². The first-order valence-corrected chi connectivity index (χ1v) is 15.3. The number of hydrogen-bond donors (Lipinski definition) is 2. The van der Waals surface area contributed by atoms with E-state index in [1.807, 2.05) is 62.6 Å². The van der Waals surface area contributed by atoms with Crippen molar-refractivity contribution in [1.82, 2.24) is 10.2 Å². The molecule has 0 saturated heterocycles. The van der Waals surface area contributed by atoms with Gasteiger partial charge < -0.3 is 29.6 Å². The van der Waals surface area contributed by atoms with Crippen molar-refractivity contribution in [3.05, 3.63) is 90.8 Å². The lowest BCUT2D eigenvalue weighted by atomic mass is 10.1. The minimum Gasteiger partial charge on any atom is -0.496 e. The van der Waals surface area contributed by atoms with Gasteiger partial charge in [-0.25, -0.2) is 0 Å². The first-order valence-electron chi connectivity index (χ1n) is 13.0. The van der Waals surface area contributed by atoms with Gasteiger partial charge in [0.15, 0.2) is 0 Å². The summed E-state index contributed by atoms with van der Waals surface area (Å²) in [5, 5.41) is 17.8. The normalized spacial score (nSPS) is 12.2. The van der Waals surface area contributed by atoms with Gasteiger partial charge in [-0.3, -0.25) is 4.79 Å². The van der Waals surface area contributed by atoms with Gasteiger partial charge in [0.25, 0.3) is 5.91 Å². The van der Waals surface area contributed by atoms with E-state index in [1.165, 1.54) is 0 Å². The average Bonchev–Trinajstić information content (AvgIpc) is 2.94. The highest BCUT2D eigenvalue weighted by Gasteiger charge is 2.19. The summed E-state index contributed by atoms with van der Waals surface area (Å²) in [5.74, 6) is 0.907. The van der Waals surface area contributed by atoms with Crippen LogP contribution in [0.25, 0.3) is 0 Å². The van der Waals surface area contributed by atoms with E-state index < -0.39 is 12.0 Å². The molecule has 1 atom stereocenters. The van der Waals surface area contributed by atoms with Crippen LogP contribution in [0.4, 0.5) is 0 Å². The molecule has 0 saturated carbocycles. The molecule has 0 bridgehead atoms. The van der Waals surface area contributed by atoms with Crippen LogP contribution in [0.3, 0.4) is 0 Å². The minimum absolute atomic E-state index is 0.0231. The zero-order chi connectivity index (χ0) is 29.8. The van der Waals surface area contributed by atoms with Gasteiger partial charge >= 0.3 is 0 Å². The summed E-state index contributed by atoms with van der Waals surface area (Å²) in [7, 11) is 5.63. The number of aliphatic hydroxyl groups excluding tert-OH is 1. The number of carbonyl (C=O) groups is 1. The molecule has 0 spiro atoms. The summed E-state index contributed by atoms with van der Waals surface area (Å²) < 4.78 is 13.4. The number of benzene rings is 3. The SMILES string of the molecule is COc1ccc(C/C(=N\OCc2ccccc2)C(=O)NC[C@@H](O)c2cc(Br)c(OCCCN(C)C)c(Br)c2)cc1Br. The van der Waals surface area contributed by atoms with Gasteiger partial charge in [0.05, 0.1) is 33.2 Å². The largest absolute Gasteiger partial charge is 0.496 e. The van der Waals surface area contributed by atoms with Crippen LogP contribution >= 0.6 is 47.8 Å². The highest BCUT2D eigenvalue weighted by molar-refractivity contribution is 9.11. The molecule has 0 aliphatic carbocycles. The molecule has 0 fully saturated rings. The number of hydrogen-bond acceptors (Lipinski definition) is 7. The molecule has 41 heavy (non-hydrogen) atoms. The quantitative estimate of drug-likeness (QED) is 0.108. The lowest BCUT2D eigenvalue weighted by Crippen LogP contribution is -2.35. The van der Waals surface area contributed by atoms with Crippen LogP contribution < -0.4 is 14.8 Å². The minimum atomic E-state index is -0.962. The second-order valence-corrected chi connectivity index (χ2v) is 12.1. The number of aliphatic hydroxyl groups is 1. The van der Waals surface area contributed by atoms with E-state index in [-0.39, 0.29) is 25.3 Å². The molecule has 1 amide bonds. The maximum absolute atomic E-state index is 13.2. The molecular formula is C30H34Br3N3O5. The average molecular weight is 756 g/mol. The van der Waals surface area contributed by atoms with Crippen molar-refractivity contribution in [2.24, 2.45) is 5.16 Å². The topological polar surface area (TPSA) is 92.6 Å². The zero-order valence-corrected chi connectivity index (χ0v) is 28.0. The Kier molecular flexibility index (Phi) is 13.6. The Bertz CT molecular complexity index is 1300.